The number of nitrogens with zero attached hydrogens (tertiary/aromatic N) is 7. The Morgan fingerprint density at radius 1 is 1.03 bits per heavy atom. The molecule has 3 aliphatic rings. The van der Waals surface area contributed by atoms with Crippen molar-refractivity contribution >= 4 is 23.5 Å². The third-order valence-electron chi connectivity index (χ3n) is 7.30. The van der Waals surface area contributed by atoms with Gasteiger partial charge in [0.1, 0.15) is 17.5 Å². The van der Waals surface area contributed by atoms with E-state index in [4.69, 9.17) is 4.99 Å². The summed E-state index contributed by atoms with van der Waals surface area (Å²) in [4.78, 5) is 37.8. The second-order valence-corrected chi connectivity index (χ2v) is 10.4. The number of halogens is 1. The van der Waals surface area contributed by atoms with Gasteiger partial charge in [-0.05, 0) is 51.7 Å². The number of likely N-dealkylation sites (tertiary alicyclic amines) is 1. The van der Waals surface area contributed by atoms with E-state index in [-0.39, 0.29) is 17.8 Å². The van der Waals surface area contributed by atoms with Crippen LogP contribution in [0.4, 0.5) is 10.3 Å². The SMILES string of the molecule is CCN(C(=O)c1cnc(N2CCCC2)nc1)C1CCN(C2=NC(C(C)C)=NC2)CC1.Cc1ccc(F)cc1. The van der Waals surface area contributed by atoms with Crippen molar-refractivity contribution in [2.75, 3.05) is 44.2 Å². The van der Waals surface area contributed by atoms with Gasteiger partial charge in [-0.15, -0.1) is 0 Å². The van der Waals surface area contributed by atoms with Gasteiger partial charge in [0.05, 0.1) is 12.1 Å². The summed E-state index contributed by atoms with van der Waals surface area (Å²) in [5, 5.41) is 0. The van der Waals surface area contributed by atoms with Gasteiger partial charge in [0.2, 0.25) is 5.95 Å². The van der Waals surface area contributed by atoms with E-state index in [1.54, 1.807) is 24.5 Å². The van der Waals surface area contributed by atoms with E-state index < -0.39 is 0 Å². The number of rotatable bonds is 5. The Morgan fingerprint density at radius 2 is 1.66 bits per heavy atom. The molecule has 0 bridgehead atoms. The zero-order valence-electron chi connectivity index (χ0n) is 23.1. The van der Waals surface area contributed by atoms with E-state index in [1.807, 2.05) is 18.7 Å². The Bertz CT molecular complexity index is 1100. The Balaban J connectivity index is 0.000000360. The molecule has 0 saturated carbocycles. The molecular formula is C29H40FN7O. The third kappa shape index (κ3) is 6.94. The maximum absolute atomic E-state index is 13.1. The van der Waals surface area contributed by atoms with Gasteiger partial charge in [-0.1, -0.05) is 31.5 Å². The first-order valence-corrected chi connectivity index (χ1v) is 13.8. The molecule has 0 spiro atoms. The number of hydrogen-bond acceptors (Lipinski definition) is 7. The fourth-order valence-corrected chi connectivity index (χ4v) is 5.05. The van der Waals surface area contributed by atoms with Gasteiger partial charge < -0.3 is 14.7 Å². The molecule has 2 saturated heterocycles. The van der Waals surface area contributed by atoms with Crippen LogP contribution in [0.2, 0.25) is 0 Å². The predicted octanol–water partition coefficient (Wildman–Crippen LogP) is 4.60. The zero-order valence-corrected chi connectivity index (χ0v) is 23.1. The first-order valence-electron chi connectivity index (χ1n) is 13.8. The highest BCUT2D eigenvalue weighted by Crippen LogP contribution is 2.21. The van der Waals surface area contributed by atoms with E-state index in [2.05, 4.69) is 38.6 Å². The quantitative estimate of drug-likeness (QED) is 0.575. The number of aromatic nitrogens is 2. The molecule has 9 heteroatoms. The standard InChI is InChI=1S/C22H33N7O.C7H7F/c1-4-29(21(30)17-13-24-22(25-14-17)28-9-5-6-10-28)18-7-11-27(12-8-18)19-15-23-20(26-19)16(2)3;1-6-2-4-7(8)5-3-6/h13-14,16,18H,4-12,15H2,1-3H3;2-5H,1H3. The van der Waals surface area contributed by atoms with Gasteiger partial charge in [0.25, 0.3) is 5.91 Å². The highest BCUT2D eigenvalue weighted by molar-refractivity contribution is 6.03. The molecule has 2 aromatic rings. The van der Waals surface area contributed by atoms with E-state index in [1.165, 1.54) is 25.0 Å². The zero-order chi connectivity index (χ0) is 27.1. The molecule has 0 atom stereocenters. The Kier molecular flexibility index (Phi) is 9.42. The van der Waals surface area contributed by atoms with Crippen molar-refractivity contribution in [2.24, 2.45) is 15.9 Å². The van der Waals surface area contributed by atoms with Gasteiger partial charge in [0, 0.05) is 57.1 Å². The second-order valence-electron chi connectivity index (χ2n) is 10.4. The molecule has 1 aromatic carbocycles. The average molecular weight is 522 g/mol. The van der Waals surface area contributed by atoms with Crippen LogP contribution in [-0.2, 0) is 0 Å². The molecule has 38 heavy (non-hydrogen) atoms. The van der Waals surface area contributed by atoms with Crippen LogP contribution in [0.25, 0.3) is 0 Å². The third-order valence-corrected chi connectivity index (χ3v) is 7.30. The van der Waals surface area contributed by atoms with Crippen LogP contribution in [0.3, 0.4) is 0 Å². The Morgan fingerprint density at radius 3 is 2.18 bits per heavy atom. The molecule has 0 N–H and O–H groups in total. The second kappa shape index (κ2) is 12.9. The van der Waals surface area contributed by atoms with Crippen molar-refractivity contribution in [1.82, 2.24) is 19.8 Å². The lowest BCUT2D eigenvalue weighted by molar-refractivity contribution is 0.0625. The molecule has 0 unspecified atom stereocenters. The lowest BCUT2D eigenvalue weighted by Crippen LogP contribution is -2.49. The number of aliphatic imine (C=N–C) groups is 2. The minimum atomic E-state index is -0.171. The van der Waals surface area contributed by atoms with Crippen LogP contribution in [0.15, 0.2) is 46.6 Å². The average Bonchev–Trinajstić information content (AvgIpc) is 3.65. The summed E-state index contributed by atoms with van der Waals surface area (Å²) in [5.74, 6) is 3.00. The fraction of sp³-hybridized carbons (Fsp3) is 0.552. The van der Waals surface area contributed by atoms with Crippen LogP contribution >= 0.6 is 0 Å². The van der Waals surface area contributed by atoms with Crippen molar-refractivity contribution in [1.29, 1.82) is 0 Å². The van der Waals surface area contributed by atoms with Crippen LogP contribution in [0, 0.1) is 18.7 Å². The van der Waals surface area contributed by atoms with Crippen molar-refractivity contribution in [3.05, 3.63) is 53.6 Å². The number of amides is 1. The predicted molar refractivity (Wildman–Crippen MR) is 150 cm³/mol. The number of amidine groups is 2. The molecule has 5 rings (SSSR count). The number of hydrogen-bond donors (Lipinski definition) is 0. The summed E-state index contributed by atoms with van der Waals surface area (Å²) < 4.78 is 12.1. The van der Waals surface area contributed by atoms with Crippen LogP contribution < -0.4 is 4.90 Å². The van der Waals surface area contributed by atoms with Gasteiger partial charge in [-0.3, -0.25) is 9.79 Å². The molecule has 0 aliphatic carbocycles. The van der Waals surface area contributed by atoms with E-state index in [0.29, 0.717) is 24.6 Å². The maximum Gasteiger partial charge on any atom is 0.257 e. The molecule has 1 aromatic heterocycles. The summed E-state index contributed by atoms with van der Waals surface area (Å²) in [5.41, 5.74) is 1.67. The summed E-state index contributed by atoms with van der Waals surface area (Å²) in [6, 6.07) is 6.64. The summed E-state index contributed by atoms with van der Waals surface area (Å²) in [6.07, 6.45) is 7.65. The highest BCUT2D eigenvalue weighted by Gasteiger charge is 2.30. The molecule has 204 valence electrons. The van der Waals surface area contributed by atoms with Gasteiger partial charge in [0.15, 0.2) is 0 Å². The lowest BCUT2D eigenvalue weighted by atomic mass is 10.0. The Labute approximate surface area is 225 Å². The van der Waals surface area contributed by atoms with Gasteiger partial charge in [-0.25, -0.2) is 19.4 Å². The fourth-order valence-electron chi connectivity index (χ4n) is 5.05. The molecule has 0 radical (unpaired) electrons. The normalized spacial score (nSPS) is 17.7. The molecule has 3 aliphatic heterocycles. The van der Waals surface area contributed by atoms with Crippen molar-refractivity contribution < 1.29 is 9.18 Å². The number of aryl methyl sites for hydroxylation is 1. The van der Waals surface area contributed by atoms with Crippen molar-refractivity contribution in [2.45, 2.75) is 59.4 Å². The molecule has 8 nitrogen and oxygen atoms in total. The number of piperidine rings is 1. The maximum atomic E-state index is 13.1. The molecular weight excluding hydrogens is 481 g/mol. The summed E-state index contributed by atoms with van der Waals surface area (Å²) in [6.45, 7) is 13.5. The van der Waals surface area contributed by atoms with E-state index in [9.17, 15) is 9.18 Å². The van der Waals surface area contributed by atoms with Crippen LogP contribution in [0.1, 0.15) is 62.4 Å². The van der Waals surface area contributed by atoms with E-state index in [0.717, 1.165) is 62.2 Å². The largest absolute Gasteiger partial charge is 0.358 e. The molecule has 2 fully saturated rings. The first kappa shape index (κ1) is 27.7. The number of anilines is 1. The topological polar surface area (TPSA) is 77.3 Å². The molecule has 1 amide bonds. The van der Waals surface area contributed by atoms with Crippen molar-refractivity contribution in [3.63, 3.8) is 0 Å². The minimum Gasteiger partial charge on any atom is -0.358 e. The smallest absolute Gasteiger partial charge is 0.257 e. The molecule has 4 heterocycles. The van der Waals surface area contributed by atoms with Crippen LogP contribution in [0.5, 0.6) is 0 Å². The number of carbonyl (C=O) groups excluding carboxylic acids is 1. The van der Waals surface area contributed by atoms with Gasteiger partial charge in [-0.2, -0.15) is 0 Å². The van der Waals surface area contributed by atoms with Gasteiger partial charge >= 0.3 is 0 Å². The first-order chi connectivity index (χ1) is 18.4. The summed E-state index contributed by atoms with van der Waals surface area (Å²) >= 11 is 0. The number of benzene rings is 1. The number of carbonyl (C=O) groups is 1. The van der Waals surface area contributed by atoms with E-state index >= 15 is 0 Å². The summed E-state index contributed by atoms with van der Waals surface area (Å²) in [7, 11) is 0. The highest BCUT2D eigenvalue weighted by atomic mass is 19.1. The van der Waals surface area contributed by atoms with Crippen molar-refractivity contribution in [3.8, 4) is 0 Å². The minimum absolute atomic E-state index is 0.0348. The Hall–Kier alpha value is -3.36. The monoisotopic (exact) mass is 521 g/mol. The lowest BCUT2D eigenvalue weighted by Gasteiger charge is -2.38. The van der Waals surface area contributed by atoms with Crippen LogP contribution in [-0.4, -0.2) is 82.7 Å².